The molecule has 2 heterocycles. The molecular weight excluding hydrogens is 308 g/mol. The molecule has 0 radical (unpaired) electrons. The molecule has 2 N–H and O–H groups in total. The lowest BCUT2D eigenvalue weighted by molar-refractivity contribution is 0.0566. The molecule has 0 saturated heterocycles. The van der Waals surface area contributed by atoms with E-state index in [1.807, 2.05) is 12.1 Å². The van der Waals surface area contributed by atoms with Crippen LogP contribution in [-0.2, 0) is 22.3 Å². The van der Waals surface area contributed by atoms with E-state index >= 15 is 0 Å². The first kappa shape index (κ1) is 17.3. The average molecular weight is 326 g/mol. The van der Waals surface area contributed by atoms with Crippen LogP contribution in [0.4, 0.5) is 4.79 Å². The number of carbonyl (C=O) groups is 1. The maximum atomic E-state index is 11.5. The summed E-state index contributed by atoms with van der Waals surface area (Å²) in [4.78, 5) is 19.9. The summed E-state index contributed by atoms with van der Waals surface area (Å²) in [6.07, 6.45) is 2.51. The van der Waals surface area contributed by atoms with Crippen LogP contribution in [0.1, 0.15) is 22.8 Å². The maximum Gasteiger partial charge on any atom is 0.508 e. The monoisotopic (exact) mass is 326 g/mol. The van der Waals surface area contributed by atoms with Crippen molar-refractivity contribution >= 4 is 18.6 Å². The number of rotatable bonds is 8. The largest absolute Gasteiger partial charge is 0.508 e. The second-order valence-electron chi connectivity index (χ2n) is 4.84. The van der Waals surface area contributed by atoms with Crippen LogP contribution in [-0.4, -0.2) is 41.8 Å². The minimum absolute atomic E-state index is 0.162. The number of aromatic nitrogens is 2. The molecule has 0 unspecified atom stereocenters. The third-order valence-corrected chi connectivity index (χ3v) is 3.11. The van der Waals surface area contributed by atoms with Gasteiger partial charge in [0.05, 0.1) is 11.4 Å². The number of hydrogen-bond donors (Lipinski definition) is 2. The van der Waals surface area contributed by atoms with E-state index in [1.54, 1.807) is 24.3 Å². The van der Waals surface area contributed by atoms with Gasteiger partial charge in [0.2, 0.25) is 0 Å². The predicted octanol–water partition coefficient (Wildman–Crippen LogP) is 2.41. The highest BCUT2D eigenvalue weighted by molar-refractivity contribution is 5.74. The fourth-order valence-electron chi connectivity index (χ4n) is 1.96. The third kappa shape index (κ3) is 5.60. The van der Waals surface area contributed by atoms with Crippen LogP contribution in [0.2, 0.25) is 0 Å². The van der Waals surface area contributed by atoms with Crippen molar-refractivity contribution in [3.63, 3.8) is 0 Å². The molecule has 2 rings (SSSR count). The number of nitrogens with zero attached hydrogens (tertiary/aromatic N) is 2. The van der Waals surface area contributed by atoms with E-state index < -0.39 is 6.16 Å². The third-order valence-electron chi connectivity index (χ3n) is 3.11. The second kappa shape index (κ2) is 9.14. The molecule has 0 aliphatic heterocycles. The van der Waals surface area contributed by atoms with Crippen LogP contribution in [0, 0.1) is 10.8 Å². The summed E-state index contributed by atoms with van der Waals surface area (Å²) in [5.74, 6) is 0. The highest BCUT2D eigenvalue weighted by Gasteiger charge is 2.05. The molecular formula is C17H18N4O3. The number of nitrogens with one attached hydrogen (secondary N) is 2. The van der Waals surface area contributed by atoms with E-state index in [4.69, 9.17) is 20.3 Å². The molecule has 0 saturated carbocycles. The van der Waals surface area contributed by atoms with Gasteiger partial charge >= 0.3 is 6.16 Å². The lowest BCUT2D eigenvalue weighted by Crippen LogP contribution is -2.12. The van der Waals surface area contributed by atoms with Gasteiger partial charge in [-0.05, 0) is 24.3 Å². The molecule has 0 aliphatic carbocycles. The summed E-state index contributed by atoms with van der Waals surface area (Å²) < 4.78 is 9.97. The topological polar surface area (TPSA) is 109 Å². The average Bonchev–Trinajstić information content (AvgIpc) is 2.62. The smallest absolute Gasteiger partial charge is 0.434 e. The van der Waals surface area contributed by atoms with Crippen molar-refractivity contribution in [2.75, 3.05) is 13.2 Å². The molecule has 24 heavy (non-hydrogen) atoms. The summed E-state index contributed by atoms with van der Waals surface area (Å²) in [5.41, 5.74) is 2.62. The normalized spacial score (nSPS) is 10.0. The van der Waals surface area contributed by atoms with E-state index in [1.165, 1.54) is 12.4 Å². The van der Waals surface area contributed by atoms with Crippen LogP contribution < -0.4 is 0 Å². The van der Waals surface area contributed by atoms with Crippen molar-refractivity contribution in [2.24, 2.45) is 0 Å². The lowest BCUT2D eigenvalue weighted by Gasteiger charge is -2.06. The number of carbonyl (C=O) groups excluding carboxylic acids is 1. The molecule has 0 amide bonds. The van der Waals surface area contributed by atoms with E-state index in [0.717, 1.165) is 11.4 Å². The Bertz CT molecular complexity index is 659. The van der Waals surface area contributed by atoms with Gasteiger partial charge in [-0.25, -0.2) is 4.79 Å². The van der Waals surface area contributed by atoms with Gasteiger partial charge in [-0.3, -0.25) is 9.97 Å². The Balaban J connectivity index is 1.67. The van der Waals surface area contributed by atoms with E-state index in [9.17, 15) is 4.79 Å². The Kier molecular flexibility index (Phi) is 6.58. The molecule has 124 valence electrons. The van der Waals surface area contributed by atoms with Crippen molar-refractivity contribution in [3.05, 3.63) is 59.2 Å². The summed E-state index contributed by atoms with van der Waals surface area (Å²) in [6, 6.07) is 10.7. The zero-order valence-corrected chi connectivity index (χ0v) is 13.1. The Morgan fingerprint density at radius 1 is 0.875 bits per heavy atom. The quantitative estimate of drug-likeness (QED) is 0.572. The van der Waals surface area contributed by atoms with Gasteiger partial charge in [0, 0.05) is 36.7 Å². The first-order chi connectivity index (χ1) is 11.7. The van der Waals surface area contributed by atoms with Gasteiger partial charge in [0.1, 0.15) is 13.2 Å². The van der Waals surface area contributed by atoms with Gasteiger partial charge in [-0.15, -0.1) is 0 Å². The Labute approximate surface area is 139 Å². The van der Waals surface area contributed by atoms with Crippen LogP contribution in [0.15, 0.2) is 36.4 Å². The Hall–Kier alpha value is -3.09. The summed E-state index contributed by atoms with van der Waals surface area (Å²) in [5, 5.41) is 14.3. The minimum atomic E-state index is -0.735. The summed E-state index contributed by atoms with van der Waals surface area (Å²) >= 11 is 0. The number of hydrogen-bond acceptors (Lipinski definition) is 7. The fraction of sp³-hybridized carbons (Fsp3) is 0.235. The standard InChI is InChI=1S/C17H18N4O3/c18-11-15-5-1-3-13(20-15)7-9-23-17(22)24-10-8-14-4-2-6-16(12-19)21-14/h1-6,11-12,18-19H,7-10H2. The first-order valence-corrected chi connectivity index (χ1v) is 7.43. The summed E-state index contributed by atoms with van der Waals surface area (Å²) in [7, 11) is 0. The molecule has 0 bridgehead atoms. The molecule has 0 atom stereocenters. The number of ether oxygens (including phenoxy) is 2. The van der Waals surface area contributed by atoms with Crippen molar-refractivity contribution in [2.45, 2.75) is 12.8 Å². The van der Waals surface area contributed by atoms with Crippen molar-refractivity contribution < 1.29 is 14.3 Å². The zero-order chi connectivity index (χ0) is 17.2. The lowest BCUT2D eigenvalue weighted by atomic mass is 10.2. The molecule has 7 heteroatoms. The highest BCUT2D eigenvalue weighted by atomic mass is 16.7. The van der Waals surface area contributed by atoms with Crippen LogP contribution in [0.5, 0.6) is 0 Å². The first-order valence-electron chi connectivity index (χ1n) is 7.43. The minimum Gasteiger partial charge on any atom is -0.434 e. The molecule has 0 spiro atoms. The van der Waals surface area contributed by atoms with Crippen LogP contribution in [0.25, 0.3) is 0 Å². The fourth-order valence-corrected chi connectivity index (χ4v) is 1.96. The van der Waals surface area contributed by atoms with Crippen molar-refractivity contribution in [1.82, 2.24) is 9.97 Å². The molecule has 0 aliphatic rings. The van der Waals surface area contributed by atoms with Crippen LogP contribution >= 0.6 is 0 Å². The zero-order valence-electron chi connectivity index (χ0n) is 13.1. The molecule has 7 nitrogen and oxygen atoms in total. The molecule has 2 aromatic heterocycles. The van der Waals surface area contributed by atoms with Gasteiger partial charge in [-0.1, -0.05) is 12.1 Å². The summed E-state index contributed by atoms with van der Waals surface area (Å²) in [6.45, 7) is 0.323. The van der Waals surface area contributed by atoms with E-state index in [0.29, 0.717) is 24.2 Å². The van der Waals surface area contributed by atoms with E-state index in [2.05, 4.69) is 9.97 Å². The molecule has 2 aromatic rings. The SMILES string of the molecule is N=Cc1cccc(CCOC(=O)OCCc2cccc(C=N)n2)n1. The Morgan fingerprint density at radius 2 is 1.33 bits per heavy atom. The maximum absolute atomic E-state index is 11.5. The van der Waals surface area contributed by atoms with Crippen molar-refractivity contribution in [1.29, 1.82) is 10.8 Å². The van der Waals surface area contributed by atoms with E-state index in [-0.39, 0.29) is 13.2 Å². The predicted molar refractivity (Wildman–Crippen MR) is 89.0 cm³/mol. The van der Waals surface area contributed by atoms with Crippen molar-refractivity contribution in [3.8, 4) is 0 Å². The van der Waals surface area contributed by atoms with Gasteiger partial charge in [0.15, 0.2) is 0 Å². The highest BCUT2D eigenvalue weighted by Crippen LogP contribution is 2.01. The second-order valence-corrected chi connectivity index (χ2v) is 4.84. The van der Waals surface area contributed by atoms with Gasteiger partial charge < -0.3 is 20.3 Å². The Morgan fingerprint density at radius 3 is 1.75 bits per heavy atom. The molecule has 0 fully saturated rings. The molecule has 0 aromatic carbocycles. The van der Waals surface area contributed by atoms with Gasteiger partial charge in [0.25, 0.3) is 0 Å². The van der Waals surface area contributed by atoms with Crippen LogP contribution in [0.3, 0.4) is 0 Å². The number of pyridine rings is 2. The van der Waals surface area contributed by atoms with Gasteiger partial charge in [-0.2, -0.15) is 0 Å².